The summed E-state index contributed by atoms with van der Waals surface area (Å²) in [6.45, 7) is 6.86. The Kier molecular flexibility index (Phi) is 6.80. The van der Waals surface area contributed by atoms with E-state index in [0.717, 1.165) is 0 Å². The minimum Gasteiger partial charge on any atom is -0.492 e. The summed E-state index contributed by atoms with van der Waals surface area (Å²) in [4.78, 5) is 0.178. The van der Waals surface area contributed by atoms with Gasteiger partial charge in [-0.3, -0.25) is 0 Å². The van der Waals surface area contributed by atoms with Gasteiger partial charge < -0.3 is 9.47 Å². The molecule has 5 nitrogen and oxygen atoms in total. The van der Waals surface area contributed by atoms with E-state index in [9.17, 15) is 8.42 Å². The Hall–Kier alpha value is -2.83. The van der Waals surface area contributed by atoms with E-state index in [-0.39, 0.29) is 23.5 Å². The molecular formula is C24H27NO4S. The average molecular weight is 426 g/mol. The van der Waals surface area contributed by atoms with Crippen LogP contribution in [0, 0.1) is 0 Å². The summed E-state index contributed by atoms with van der Waals surface area (Å²) in [5.74, 6) is 1.98. The molecule has 1 N–H and O–H groups in total. The summed E-state index contributed by atoms with van der Waals surface area (Å²) in [6.07, 6.45) is 0. The lowest BCUT2D eigenvalue weighted by Gasteiger charge is -2.19. The molecular weight excluding hydrogens is 398 g/mol. The molecule has 158 valence electrons. The average Bonchev–Trinajstić information content (AvgIpc) is 2.72. The molecule has 0 aromatic heterocycles. The predicted octanol–water partition coefficient (Wildman–Crippen LogP) is 5.13. The second kappa shape index (κ2) is 9.32. The van der Waals surface area contributed by atoms with Gasteiger partial charge >= 0.3 is 0 Å². The van der Waals surface area contributed by atoms with Gasteiger partial charge in [-0.25, -0.2) is 13.1 Å². The van der Waals surface area contributed by atoms with Crippen molar-refractivity contribution in [3.05, 3.63) is 84.4 Å². The molecule has 0 aliphatic carbocycles. The number of benzene rings is 3. The van der Waals surface area contributed by atoms with E-state index < -0.39 is 10.0 Å². The normalized spacial score (nSPS) is 11.8. The summed E-state index contributed by atoms with van der Waals surface area (Å²) < 4.78 is 38.8. The number of rotatable bonds is 8. The van der Waals surface area contributed by atoms with Crippen LogP contribution in [0.15, 0.2) is 83.8 Å². The fraction of sp³-hybridized carbons (Fsp3) is 0.250. The van der Waals surface area contributed by atoms with Crippen LogP contribution in [0.4, 0.5) is 0 Å². The van der Waals surface area contributed by atoms with Crippen LogP contribution >= 0.6 is 0 Å². The third-order valence-corrected chi connectivity index (χ3v) is 5.97. The molecule has 0 amide bonds. The van der Waals surface area contributed by atoms with Crippen molar-refractivity contribution in [1.29, 1.82) is 0 Å². The van der Waals surface area contributed by atoms with Crippen molar-refractivity contribution in [2.45, 2.75) is 31.1 Å². The second-order valence-corrected chi connectivity index (χ2v) is 9.67. The first-order valence-corrected chi connectivity index (χ1v) is 11.3. The van der Waals surface area contributed by atoms with Crippen LogP contribution in [0.5, 0.6) is 17.2 Å². The minimum absolute atomic E-state index is 0.0792. The van der Waals surface area contributed by atoms with Crippen molar-refractivity contribution >= 4 is 10.0 Å². The molecule has 0 heterocycles. The van der Waals surface area contributed by atoms with Gasteiger partial charge in [-0.1, -0.05) is 51.1 Å². The van der Waals surface area contributed by atoms with E-state index in [0.29, 0.717) is 17.2 Å². The molecule has 0 saturated heterocycles. The maximum Gasteiger partial charge on any atom is 0.240 e. The van der Waals surface area contributed by atoms with Crippen LogP contribution in [0.1, 0.15) is 26.3 Å². The van der Waals surface area contributed by atoms with E-state index in [1.165, 1.54) is 17.7 Å². The lowest BCUT2D eigenvalue weighted by molar-refractivity contribution is 0.322. The van der Waals surface area contributed by atoms with Crippen molar-refractivity contribution in [2.75, 3.05) is 13.2 Å². The Morgan fingerprint density at radius 3 is 1.93 bits per heavy atom. The first-order chi connectivity index (χ1) is 14.2. The summed E-state index contributed by atoms with van der Waals surface area (Å²) in [6, 6.07) is 23.5. The van der Waals surface area contributed by atoms with Gasteiger partial charge in [0.25, 0.3) is 0 Å². The molecule has 3 aromatic rings. The highest BCUT2D eigenvalue weighted by molar-refractivity contribution is 7.89. The zero-order chi connectivity index (χ0) is 21.6. The smallest absolute Gasteiger partial charge is 0.240 e. The van der Waals surface area contributed by atoms with Crippen molar-refractivity contribution < 1.29 is 17.9 Å². The molecule has 30 heavy (non-hydrogen) atoms. The van der Waals surface area contributed by atoms with Crippen molar-refractivity contribution in [1.82, 2.24) is 4.72 Å². The lowest BCUT2D eigenvalue weighted by atomic mass is 9.87. The van der Waals surface area contributed by atoms with Crippen molar-refractivity contribution in [3.63, 3.8) is 0 Å². The maximum atomic E-state index is 12.5. The highest BCUT2D eigenvalue weighted by atomic mass is 32.2. The molecule has 0 fully saturated rings. The van der Waals surface area contributed by atoms with Gasteiger partial charge in [0.1, 0.15) is 23.9 Å². The van der Waals surface area contributed by atoms with Crippen LogP contribution in [0.2, 0.25) is 0 Å². The quantitative estimate of drug-likeness (QED) is 0.508. The number of sulfonamides is 1. The van der Waals surface area contributed by atoms with Crippen LogP contribution in [-0.4, -0.2) is 21.6 Å². The molecule has 6 heteroatoms. The predicted molar refractivity (Wildman–Crippen MR) is 119 cm³/mol. The fourth-order valence-corrected chi connectivity index (χ4v) is 3.80. The summed E-state index contributed by atoms with van der Waals surface area (Å²) in [5.41, 5.74) is 1.30. The van der Waals surface area contributed by atoms with Crippen LogP contribution in [0.25, 0.3) is 0 Å². The van der Waals surface area contributed by atoms with Crippen molar-refractivity contribution in [3.8, 4) is 17.2 Å². The van der Waals surface area contributed by atoms with Crippen molar-refractivity contribution in [2.24, 2.45) is 0 Å². The monoisotopic (exact) mass is 425 g/mol. The molecule has 0 aliphatic rings. The van der Waals surface area contributed by atoms with E-state index in [4.69, 9.17) is 9.47 Å². The molecule has 0 spiro atoms. The van der Waals surface area contributed by atoms with Gasteiger partial charge in [-0.2, -0.15) is 0 Å². The molecule has 0 aliphatic heterocycles. The lowest BCUT2D eigenvalue weighted by Crippen LogP contribution is -2.28. The molecule has 3 rings (SSSR count). The zero-order valence-corrected chi connectivity index (χ0v) is 18.3. The van der Waals surface area contributed by atoms with Gasteiger partial charge in [0, 0.05) is 6.54 Å². The highest BCUT2D eigenvalue weighted by Gasteiger charge is 2.14. The first-order valence-electron chi connectivity index (χ1n) is 9.80. The van der Waals surface area contributed by atoms with Gasteiger partial charge in [0.05, 0.1) is 4.90 Å². The second-order valence-electron chi connectivity index (χ2n) is 7.91. The summed E-state index contributed by atoms with van der Waals surface area (Å²) in [5, 5.41) is 0. The molecule has 0 bridgehead atoms. The number of hydrogen-bond donors (Lipinski definition) is 1. The number of hydrogen-bond acceptors (Lipinski definition) is 4. The van der Waals surface area contributed by atoms with Crippen LogP contribution < -0.4 is 14.2 Å². The van der Waals surface area contributed by atoms with Crippen LogP contribution in [-0.2, 0) is 15.4 Å². The Labute approximate surface area is 178 Å². The summed E-state index contributed by atoms with van der Waals surface area (Å²) >= 11 is 0. The first kappa shape index (κ1) is 21.9. The van der Waals surface area contributed by atoms with Gasteiger partial charge in [-0.15, -0.1) is 0 Å². The van der Waals surface area contributed by atoms with E-state index in [2.05, 4.69) is 25.5 Å². The topological polar surface area (TPSA) is 64.6 Å². The van der Waals surface area contributed by atoms with Gasteiger partial charge in [0.2, 0.25) is 10.0 Å². The Bertz CT molecular complexity index is 1040. The molecule has 0 unspecified atom stereocenters. The molecule has 0 atom stereocenters. The Morgan fingerprint density at radius 2 is 1.33 bits per heavy atom. The third-order valence-electron chi connectivity index (χ3n) is 4.50. The standard InChI is InChI=1S/C24H27NO4S/c1-24(2,3)19-9-11-20(12-10-19)28-18-17-25-30(26,27)23-15-13-22(14-16-23)29-21-7-5-4-6-8-21/h4-16,25H,17-18H2,1-3H3. The summed E-state index contributed by atoms with van der Waals surface area (Å²) in [7, 11) is -3.62. The van der Waals surface area contributed by atoms with Gasteiger partial charge in [-0.05, 0) is 59.5 Å². The highest BCUT2D eigenvalue weighted by Crippen LogP contribution is 2.24. The third kappa shape index (κ3) is 6.08. The van der Waals surface area contributed by atoms with Crippen LogP contribution in [0.3, 0.4) is 0 Å². The zero-order valence-electron chi connectivity index (χ0n) is 17.5. The molecule has 0 radical (unpaired) electrons. The van der Waals surface area contributed by atoms with E-state index >= 15 is 0 Å². The molecule has 3 aromatic carbocycles. The van der Waals surface area contributed by atoms with E-state index in [1.807, 2.05) is 54.6 Å². The minimum atomic E-state index is -3.62. The SMILES string of the molecule is CC(C)(C)c1ccc(OCCNS(=O)(=O)c2ccc(Oc3ccccc3)cc2)cc1. The van der Waals surface area contributed by atoms with E-state index in [1.54, 1.807) is 12.1 Å². The number of ether oxygens (including phenoxy) is 2. The fourth-order valence-electron chi connectivity index (χ4n) is 2.79. The number of para-hydroxylation sites is 1. The Morgan fingerprint density at radius 1 is 0.767 bits per heavy atom. The Balaban J connectivity index is 1.50. The van der Waals surface area contributed by atoms with Gasteiger partial charge in [0.15, 0.2) is 0 Å². The maximum absolute atomic E-state index is 12.5. The number of nitrogens with one attached hydrogen (secondary N) is 1. The largest absolute Gasteiger partial charge is 0.492 e. The molecule has 0 saturated carbocycles.